The first-order valence-corrected chi connectivity index (χ1v) is 9.13. The maximum absolute atomic E-state index is 12.8. The van der Waals surface area contributed by atoms with Gasteiger partial charge in [-0.3, -0.25) is 4.79 Å². The molecule has 0 aromatic heterocycles. The Hall–Kier alpha value is -1.95. The Labute approximate surface area is 149 Å². The van der Waals surface area contributed by atoms with Crippen LogP contribution < -0.4 is 0 Å². The zero-order chi connectivity index (χ0) is 17.9. The molecule has 25 heavy (non-hydrogen) atoms. The number of rotatable bonds is 2. The maximum atomic E-state index is 12.8. The van der Waals surface area contributed by atoms with Crippen molar-refractivity contribution in [1.82, 2.24) is 4.90 Å². The molecule has 1 unspecified atom stereocenters. The van der Waals surface area contributed by atoms with Crippen LogP contribution in [0.4, 0.5) is 13.2 Å². The number of amides is 1. The van der Waals surface area contributed by atoms with E-state index in [1.165, 1.54) is 17.7 Å². The SMILES string of the molecule is O=C(c1cccc(C(F)(F)F)c1)N1CCSC(c2ccccc2)CC1. The fourth-order valence-corrected chi connectivity index (χ4v) is 4.15. The fraction of sp³-hybridized carbons (Fsp3) is 0.316. The van der Waals surface area contributed by atoms with E-state index < -0.39 is 11.7 Å². The zero-order valence-corrected chi connectivity index (χ0v) is 14.3. The number of hydrogen-bond donors (Lipinski definition) is 0. The zero-order valence-electron chi connectivity index (χ0n) is 13.5. The first kappa shape index (κ1) is 17.9. The van der Waals surface area contributed by atoms with Crippen molar-refractivity contribution in [3.63, 3.8) is 0 Å². The average molecular weight is 365 g/mol. The predicted molar refractivity (Wildman–Crippen MR) is 93.6 cm³/mol. The van der Waals surface area contributed by atoms with Crippen molar-refractivity contribution in [2.45, 2.75) is 17.8 Å². The molecule has 2 aromatic rings. The van der Waals surface area contributed by atoms with E-state index in [1.807, 2.05) is 18.2 Å². The Morgan fingerprint density at radius 3 is 2.52 bits per heavy atom. The van der Waals surface area contributed by atoms with Crippen molar-refractivity contribution in [2.24, 2.45) is 0 Å². The summed E-state index contributed by atoms with van der Waals surface area (Å²) in [6.07, 6.45) is -3.65. The number of carbonyl (C=O) groups excluding carboxylic acids is 1. The van der Waals surface area contributed by atoms with E-state index in [-0.39, 0.29) is 11.5 Å². The Kier molecular flexibility index (Phi) is 5.37. The summed E-state index contributed by atoms with van der Waals surface area (Å²) in [4.78, 5) is 14.3. The van der Waals surface area contributed by atoms with E-state index >= 15 is 0 Å². The number of nitrogens with zero attached hydrogens (tertiary/aromatic N) is 1. The van der Waals surface area contributed by atoms with Gasteiger partial charge in [0.1, 0.15) is 0 Å². The molecule has 2 aromatic carbocycles. The second-order valence-electron chi connectivity index (χ2n) is 5.93. The molecular weight excluding hydrogens is 347 g/mol. The Morgan fingerprint density at radius 2 is 1.80 bits per heavy atom. The van der Waals surface area contributed by atoms with Crippen molar-refractivity contribution >= 4 is 17.7 Å². The number of halogens is 3. The van der Waals surface area contributed by atoms with Crippen LogP contribution in [0.2, 0.25) is 0 Å². The number of benzene rings is 2. The molecule has 1 atom stereocenters. The predicted octanol–water partition coefficient (Wildman–Crippen LogP) is 5.03. The van der Waals surface area contributed by atoms with Crippen LogP contribution >= 0.6 is 11.8 Å². The first-order valence-electron chi connectivity index (χ1n) is 8.08. The molecule has 0 bridgehead atoms. The monoisotopic (exact) mass is 365 g/mol. The van der Waals surface area contributed by atoms with E-state index in [4.69, 9.17) is 0 Å². The smallest absolute Gasteiger partial charge is 0.338 e. The van der Waals surface area contributed by atoms with Gasteiger partial charge < -0.3 is 4.90 Å². The summed E-state index contributed by atoms with van der Waals surface area (Å²) in [7, 11) is 0. The van der Waals surface area contributed by atoms with E-state index in [2.05, 4.69) is 12.1 Å². The summed E-state index contributed by atoms with van der Waals surface area (Å²) < 4.78 is 38.5. The molecule has 0 N–H and O–H groups in total. The van der Waals surface area contributed by atoms with E-state index in [1.54, 1.807) is 16.7 Å². The molecule has 0 radical (unpaired) electrons. The minimum atomic E-state index is -4.44. The highest BCUT2D eigenvalue weighted by molar-refractivity contribution is 7.99. The van der Waals surface area contributed by atoms with Gasteiger partial charge in [-0.05, 0) is 30.2 Å². The van der Waals surface area contributed by atoms with E-state index in [0.717, 1.165) is 24.3 Å². The third kappa shape index (κ3) is 4.37. The fourth-order valence-electron chi connectivity index (χ4n) is 2.92. The molecule has 0 spiro atoms. The lowest BCUT2D eigenvalue weighted by Gasteiger charge is -2.21. The van der Waals surface area contributed by atoms with Crippen molar-refractivity contribution in [1.29, 1.82) is 0 Å². The van der Waals surface area contributed by atoms with Crippen molar-refractivity contribution in [2.75, 3.05) is 18.8 Å². The lowest BCUT2D eigenvalue weighted by Crippen LogP contribution is -2.33. The summed E-state index contributed by atoms with van der Waals surface area (Å²) in [6.45, 7) is 1.09. The molecule has 1 aliphatic rings. The van der Waals surface area contributed by atoms with Gasteiger partial charge in [-0.25, -0.2) is 0 Å². The minimum absolute atomic E-state index is 0.0954. The van der Waals surface area contributed by atoms with Gasteiger partial charge in [-0.15, -0.1) is 0 Å². The molecule has 0 saturated carbocycles. The number of alkyl halides is 3. The van der Waals surface area contributed by atoms with E-state index in [9.17, 15) is 18.0 Å². The van der Waals surface area contributed by atoms with Gasteiger partial charge in [0.2, 0.25) is 0 Å². The molecule has 0 aliphatic carbocycles. The molecule has 2 nitrogen and oxygen atoms in total. The summed E-state index contributed by atoms with van der Waals surface area (Å²) in [5.74, 6) is 0.435. The quantitative estimate of drug-likeness (QED) is 0.744. The van der Waals surface area contributed by atoms with Gasteiger partial charge in [-0.2, -0.15) is 24.9 Å². The summed E-state index contributed by atoms with van der Waals surface area (Å²) in [5.41, 5.74) is 0.531. The minimum Gasteiger partial charge on any atom is -0.338 e. The van der Waals surface area contributed by atoms with Gasteiger partial charge in [-0.1, -0.05) is 36.4 Å². The largest absolute Gasteiger partial charge is 0.416 e. The second kappa shape index (κ2) is 7.52. The average Bonchev–Trinajstić information content (AvgIpc) is 2.87. The van der Waals surface area contributed by atoms with Gasteiger partial charge in [0.05, 0.1) is 5.56 Å². The molecule has 6 heteroatoms. The van der Waals surface area contributed by atoms with Crippen molar-refractivity contribution in [3.05, 3.63) is 71.3 Å². The van der Waals surface area contributed by atoms with Crippen molar-refractivity contribution < 1.29 is 18.0 Å². The third-order valence-electron chi connectivity index (χ3n) is 4.24. The highest BCUT2D eigenvalue weighted by atomic mass is 32.2. The Morgan fingerprint density at radius 1 is 1.04 bits per heavy atom. The summed E-state index contributed by atoms with van der Waals surface area (Å²) >= 11 is 1.79. The van der Waals surface area contributed by atoms with E-state index in [0.29, 0.717) is 18.3 Å². The second-order valence-corrected chi connectivity index (χ2v) is 7.24. The third-order valence-corrected chi connectivity index (χ3v) is 5.57. The lowest BCUT2D eigenvalue weighted by atomic mass is 10.1. The lowest BCUT2D eigenvalue weighted by molar-refractivity contribution is -0.137. The van der Waals surface area contributed by atoms with Crippen LogP contribution in [0.15, 0.2) is 54.6 Å². The van der Waals surface area contributed by atoms with Crippen LogP contribution in [0.3, 0.4) is 0 Å². The maximum Gasteiger partial charge on any atom is 0.416 e. The molecule has 3 rings (SSSR count). The Balaban J connectivity index is 1.71. The van der Waals surface area contributed by atoms with Gasteiger partial charge >= 0.3 is 6.18 Å². The molecule has 1 aliphatic heterocycles. The van der Waals surface area contributed by atoms with Crippen molar-refractivity contribution in [3.8, 4) is 0 Å². The number of hydrogen-bond acceptors (Lipinski definition) is 2. The van der Waals surface area contributed by atoms with Gasteiger partial charge in [0.15, 0.2) is 0 Å². The van der Waals surface area contributed by atoms with Crippen LogP contribution in [-0.2, 0) is 6.18 Å². The first-order chi connectivity index (χ1) is 11.9. The molecule has 1 heterocycles. The van der Waals surface area contributed by atoms with Crippen LogP contribution in [0.1, 0.15) is 33.2 Å². The van der Waals surface area contributed by atoms with Gasteiger partial charge in [0.25, 0.3) is 5.91 Å². The molecule has 1 fully saturated rings. The van der Waals surface area contributed by atoms with Crippen LogP contribution in [0, 0.1) is 0 Å². The highest BCUT2D eigenvalue weighted by Gasteiger charge is 2.31. The van der Waals surface area contributed by atoms with Gasteiger partial charge in [0, 0.05) is 29.7 Å². The number of thioether (sulfide) groups is 1. The summed E-state index contributed by atoms with van der Waals surface area (Å²) in [6, 6.07) is 14.8. The standard InChI is InChI=1S/C19H18F3NOS/c20-19(21,22)16-8-4-7-15(13-16)18(24)23-10-9-17(25-12-11-23)14-5-2-1-3-6-14/h1-8,13,17H,9-12H2. The van der Waals surface area contributed by atoms with Crippen LogP contribution in [-0.4, -0.2) is 29.6 Å². The van der Waals surface area contributed by atoms with Crippen LogP contribution in [0.5, 0.6) is 0 Å². The normalized spacial score (nSPS) is 18.7. The highest BCUT2D eigenvalue weighted by Crippen LogP contribution is 2.35. The summed E-state index contributed by atoms with van der Waals surface area (Å²) in [5, 5.41) is 0.306. The number of carbonyl (C=O) groups is 1. The Bertz CT molecular complexity index is 733. The van der Waals surface area contributed by atoms with Crippen LogP contribution in [0.25, 0.3) is 0 Å². The molecule has 132 valence electrons. The molecular formula is C19H18F3NOS. The molecule has 1 saturated heterocycles. The topological polar surface area (TPSA) is 20.3 Å². The molecule has 1 amide bonds.